The van der Waals surface area contributed by atoms with Crippen LogP contribution in [0.25, 0.3) is 0 Å². The lowest BCUT2D eigenvalue weighted by Crippen LogP contribution is -2.37. The Bertz CT molecular complexity index is 946. The normalized spacial score (nSPS) is 23.8. The SMILES string of the molecule is C\N=C/N=C1\C(=C\NC(=O)c2ccccc2)N=CN1C1CCC(OP(O)OCCC#N)O1. The Balaban J connectivity index is 1.62. The summed E-state index contributed by atoms with van der Waals surface area (Å²) in [7, 11) is -0.544. The summed E-state index contributed by atoms with van der Waals surface area (Å²) in [6.45, 7) is 0.0870. The molecule has 2 aliphatic heterocycles. The maximum Gasteiger partial charge on any atom is 0.332 e. The van der Waals surface area contributed by atoms with Crippen molar-refractivity contribution in [3.05, 3.63) is 47.8 Å². The van der Waals surface area contributed by atoms with Gasteiger partial charge < -0.3 is 19.5 Å². The van der Waals surface area contributed by atoms with Crippen molar-refractivity contribution in [2.75, 3.05) is 13.7 Å². The molecular weight excluding hydrogens is 435 g/mol. The first-order valence-electron chi connectivity index (χ1n) is 9.81. The standard InChI is InChI=1S/C20H23N6O5P/c1-22-13-24-19-16(12-23-20(27)15-6-3-2-4-7-15)25-14-26(19)17-8-9-18(30-17)31-32(28)29-11-5-10-21/h2-4,6-7,12-14,17-18,28H,5,8-9,11H2,1H3,(H,23,27)/b16-12-,22-13-,24-19+. The molecule has 168 valence electrons. The summed E-state index contributed by atoms with van der Waals surface area (Å²) < 4.78 is 16.3. The van der Waals surface area contributed by atoms with Crippen LogP contribution < -0.4 is 5.32 Å². The van der Waals surface area contributed by atoms with E-state index in [4.69, 9.17) is 19.0 Å². The molecule has 0 aliphatic carbocycles. The minimum atomic E-state index is -2.14. The third-order valence-electron chi connectivity index (χ3n) is 4.36. The largest absolute Gasteiger partial charge is 0.332 e. The number of hydrogen-bond donors (Lipinski definition) is 2. The van der Waals surface area contributed by atoms with Gasteiger partial charge in [0.1, 0.15) is 18.3 Å². The predicted octanol–water partition coefficient (Wildman–Crippen LogP) is 2.29. The second-order valence-electron chi connectivity index (χ2n) is 6.53. The van der Waals surface area contributed by atoms with Crippen molar-refractivity contribution in [2.24, 2.45) is 15.0 Å². The number of nitrogens with zero attached hydrogens (tertiary/aromatic N) is 5. The molecule has 0 aromatic heterocycles. The van der Waals surface area contributed by atoms with Gasteiger partial charge in [-0.3, -0.25) is 19.2 Å². The van der Waals surface area contributed by atoms with Crippen molar-refractivity contribution in [3.8, 4) is 6.07 Å². The van der Waals surface area contributed by atoms with E-state index >= 15 is 0 Å². The fraction of sp³-hybridized carbons (Fsp3) is 0.350. The molecule has 3 atom stereocenters. The summed E-state index contributed by atoms with van der Waals surface area (Å²) >= 11 is 0. The molecule has 2 aliphatic rings. The van der Waals surface area contributed by atoms with Crippen molar-refractivity contribution < 1.29 is 23.5 Å². The van der Waals surface area contributed by atoms with E-state index in [-0.39, 0.29) is 18.9 Å². The Morgan fingerprint density at radius 2 is 2.28 bits per heavy atom. The zero-order chi connectivity index (χ0) is 22.8. The first-order valence-corrected chi connectivity index (χ1v) is 10.9. The predicted molar refractivity (Wildman–Crippen MR) is 118 cm³/mol. The van der Waals surface area contributed by atoms with Gasteiger partial charge in [-0.25, -0.2) is 9.98 Å². The summed E-state index contributed by atoms with van der Waals surface area (Å²) in [5.41, 5.74) is 0.958. The maximum atomic E-state index is 12.3. The first kappa shape index (κ1) is 23.7. The van der Waals surface area contributed by atoms with Crippen molar-refractivity contribution in [1.82, 2.24) is 10.2 Å². The molecule has 0 radical (unpaired) electrons. The van der Waals surface area contributed by atoms with E-state index in [9.17, 15) is 9.69 Å². The lowest BCUT2D eigenvalue weighted by atomic mass is 10.2. The summed E-state index contributed by atoms with van der Waals surface area (Å²) in [5, 5.41) is 11.2. The van der Waals surface area contributed by atoms with Crippen LogP contribution in [-0.4, -0.2) is 60.4 Å². The quantitative estimate of drug-likeness (QED) is 0.250. The van der Waals surface area contributed by atoms with E-state index in [2.05, 4.69) is 20.3 Å². The monoisotopic (exact) mass is 458 g/mol. The topological polar surface area (TPSA) is 141 Å². The molecular formula is C20H23N6O5P. The smallest absolute Gasteiger partial charge is 0.329 e. The Kier molecular flexibility index (Phi) is 8.98. The van der Waals surface area contributed by atoms with Crippen molar-refractivity contribution in [3.63, 3.8) is 0 Å². The minimum Gasteiger partial charge on any atom is -0.329 e. The molecule has 1 amide bonds. The molecule has 32 heavy (non-hydrogen) atoms. The zero-order valence-corrected chi connectivity index (χ0v) is 18.3. The summed E-state index contributed by atoms with van der Waals surface area (Å²) in [6, 6.07) is 10.7. The highest BCUT2D eigenvalue weighted by atomic mass is 31.2. The molecule has 0 bridgehead atoms. The number of amides is 1. The van der Waals surface area contributed by atoms with Crippen LogP contribution in [0.1, 0.15) is 29.6 Å². The van der Waals surface area contributed by atoms with Crippen LogP contribution in [0.4, 0.5) is 0 Å². The van der Waals surface area contributed by atoms with Crippen LogP contribution in [0, 0.1) is 11.3 Å². The molecule has 0 spiro atoms. The lowest BCUT2D eigenvalue weighted by molar-refractivity contribution is -0.0997. The number of nitrogens with one attached hydrogen (secondary N) is 1. The summed E-state index contributed by atoms with van der Waals surface area (Å²) in [5.74, 6) is 0.180. The van der Waals surface area contributed by atoms with Gasteiger partial charge >= 0.3 is 8.60 Å². The summed E-state index contributed by atoms with van der Waals surface area (Å²) in [6.07, 6.45) is 4.58. The first-order chi connectivity index (χ1) is 15.6. The Hall–Kier alpha value is -3.00. The van der Waals surface area contributed by atoms with Gasteiger partial charge in [-0.15, -0.1) is 0 Å². The molecule has 1 aromatic carbocycles. The van der Waals surface area contributed by atoms with E-state index in [0.717, 1.165) is 0 Å². The molecule has 1 fully saturated rings. The number of benzene rings is 1. The van der Waals surface area contributed by atoms with Gasteiger partial charge in [-0.1, -0.05) is 18.2 Å². The van der Waals surface area contributed by atoms with E-state index in [1.165, 1.54) is 12.5 Å². The number of carbonyl (C=O) groups is 1. The highest BCUT2D eigenvalue weighted by Gasteiger charge is 2.36. The molecule has 1 saturated heterocycles. The second-order valence-corrected chi connectivity index (χ2v) is 7.47. The maximum absolute atomic E-state index is 12.3. The van der Waals surface area contributed by atoms with Gasteiger partial charge in [0.2, 0.25) is 0 Å². The average molecular weight is 458 g/mol. The average Bonchev–Trinajstić information content (AvgIpc) is 3.43. The van der Waals surface area contributed by atoms with E-state index in [1.807, 2.05) is 12.1 Å². The molecule has 1 aromatic rings. The van der Waals surface area contributed by atoms with Gasteiger partial charge in [0.15, 0.2) is 12.1 Å². The molecule has 12 heteroatoms. The van der Waals surface area contributed by atoms with Gasteiger partial charge in [-0.05, 0) is 18.6 Å². The highest BCUT2D eigenvalue weighted by molar-refractivity contribution is 7.40. The van der Waals surface area contributed by atoms with E-state index < -0.39 is 21.1 Å². The summed E-state index contributed by atoms with van der Waals surface area (Å²) in [4.78, 5) is 36.4. The third kappa shape index (κ3) is 6.50. The Morgan fingerprint density at radius 1 is 1.47 bits per heavy atom. The zero-order valence-electron chi connectivity index (χ0n) is 17.4. The van der Waals surface area contributed by atoms with Crippen molar-refractivity contribution in [1.29, 1.82) is 5.26 Å². The van der Waals surface area contributed by atoms with Crippen LogP contribution >= 0.6 is 8.60 Å². The number of aliphatic imine (C=N–C) groups is 3. The number of ether oxygens (including phenoxy) is 1. The van der Waals surface area contributed by atoms with E-state index in [1.54, 1.807) is 42.6 Å². The lowest BCUT2D eigenvalue weighted by Gasteiger charge is -2.23. The number of rotatable bonds is 9. The molecule has 11 nitrogen and oxygen atoms in total. The number of nitriles is 1. The van der Waals surface area contributed by atoms with Crippen LogP contribution in [-0.2, 0) is 13.8 Å². The van der Waals surface area contributed by atoms with Crippen LogP contribution in [0.2, 0.25) is 0 Å². The van der Waals surface area contributed by atoms with Crippen LogP contribution in [0.15, 0.2) is 57.2 Å². The number of hydrogen-bond acceptors (Lipinski definition) is 8. The fourth-order valence-electron chi connectivity index (χ4n) is 2.91. The van der Waals surface area contributed by atoms with Gasteiger partial charge in [-0.2, -0.15) is 5.26 Å². The van der Waals surface area contributed by atoms with Crippen LogP contribution in [0.3, 0.4) is 0 Å². The number of amidine groups is 1. The van der Waals surface area contributed by atoms with E-state index in [0.29, 0.717) is 29.9 Å². The molecule has 2 N–H and O–H groups in total. The van der Waals surface area contributed by atoms with Gasteiger partial charge in [0.05, 0.1) is 25.4 Å². The minimum absolute atomic E-state index is 0.0870. The van der Waals surface area contributed by atoms with Gasteiger partial charge in [0, 0.05) is 25.2 Å². The molecule has 3 rings (SSSR count). The highest BCUT2D eigenvalue weighted by Crippen LogP contribution is 2.39. The van der Waals surface area contributed by atoms with Crippen LogP contribution in [0.5, 0.6) is 0 Å². The second kappa shape index (κ2) is 12.1. The van der Waals surface area contributed by atoms with Crippen molar-refractivity contribution in [2.45, 2.75) is 31.8 Å². The molecule has 0 saturated carbocycles. The van der Waals surface area contributed by atoms with Gasteiger partial charge in [0.25, 0.3) is 5.91 Å². The fourth-order valence-corrected chi connectivity index (χ4v) is 3.57. The molecule has 2 heterocycles. The third-order valence-corrected chi connectivity index (χ3v) is 5.18. The Morgan fingerprint density at radius 3 is 3.03 bits per heavy atom. The van der Waals surface area contributed by atoms with Crippen molar-refractivity contribution >= 4 is 33.0 Å². The molecule has 3 unspecified atom stereocenters. The Labute approximate surface area is 186 Å². The number of carbonyl (C=O) groups excluding carboxylic acids is 1.